The van der Waals surface area contributed by atoms with Crippen molar-refractivity contribution in [2.75, 3.05) is 24.4 Å². The lowest BCUT2D eigenvalue weighted by molar-refractivity contribution is 0.372. The number of ether oxygens (including phenoxy) is 1. The molecular weight excluding hydrogens is 314 g/mol. The van der Waals surface area contributed by atoms with Gasteiger partial charge in [-0.3, -0.25) is 9.71 Å². The Kier molecular flexibility index (Phi) is 4.47. The summed E-state index contributed by atoms with van der Waals surface area (Å²) < 4.78 is 33.0. The van der Waals surface area contributed by atoms with Crippen LogP contribution >= 0.6 is 0 Å². The van der Waals surface area contributed by atoms with Crippen molar-refractivity contribution in [3.05, 3.63) is 54.6 Å². The predicted molar refractivity (Wildman–Crippen MR) is 89.5 cm³/mol. The van der Waals surface area contributed by atoms with E-state index < -0.39 is 10.0 Å². The van der Waals surface area contributed by atoms with Crippen molar-refractivity contribution in [3.8, 4) is 5.75 Å². The van der Waals surface area contributed by atoms with Crippen molar-refractivity contribution in [1.29, 1.82) is 0 Å². The Morgan fingerprint density at radius 2 is 1.96 bits per heavy atom. The molecule has 1 aliphatic rings. The van der Waals surface area contributed by atoms with Crippen molar-refractivity contribution >= 4 is 21.5 Å². The zero-order valence-corrected chi connectivity index (χ0v) is 13.2. The van der Waals surface area contributed by atoms with Gasteiger partial charge < -0.3 is 10.1 Å². The standard InChI is InChI=1S/C16H17N3O3S/c20-23(21,19-13-5-2-1-3-6-13)15-8-4-7-14(11-15)22-12-16-17-9-10-18-16/h1-8,11,19H,9-10,12H2,(H,17,18). The summed E-state index contributed by atoms with van der Waals surface area (Å²) in [6, 6.07) is 15.2. The summed E-state index contributed by atoms with van der Waals surface area (Å²) >= 11 is 0. The van der Waals surface area contributed by atoms with Gasteiger partial charge in [0.2, 0.25) is 0 Å². The van der Waals surface area contributed by atoms with E-state index in [-0.39, 0.29) is 4.90 Å². The molecule has 0 unspecified atom stereocenters. The van der Waals surface area contributed by atoms with Gasteiger partial charge in [0.15, 0.2) is 0 Å². The summed E-state index contributed by atoms with van der Waals surface area (Å²) in [4.78, 5) is 4.38. The van der Waals surface area contributed by atoms with Crippen LogP contribution in [0.2, 0.25) is 0 Å². The maximum atomic E-state index is 12.4. The normalized spacial score (nSPS) is 14.0. The van der Waals surface area contributed by atoms with Gasteiger partial charge in [-0.25, -0.2) is 8.42 Å². The van der Waals surface area contributed by atoms with Gasteiger partial charge in [-0.15, -0.1) is 0 Å². The summed E-state index contributed by atoms with van der Waals surface area (Å²) in [7, 11) is -3.65. The molecule has 0 atom stereocenters. The Bertz CT molecular complexity index is 804. The number of aliphatic imine (C=N–C) groups is 1. The minimum absolute atomic E-state index is 0.153. The van der Waals surface area contributed by atoms with E-state index in [4.69, 9.17) is 4.74 Å². The van der Waals surface area contributed by atoms with Crippen LogP contribution in [0.5, 0.6) is 5.75 Å². The van der Waals surface area contributed by atoms with E-state index in [0.29, 0.717) is 18.0 Å². The fourth-order valence-electron chi connectivity index (χ4n) is 2.15. The summed E-state index contributed by atoms with van der Waals surface area (Å²) in [5.74, 6) is 1.26. The van der Waals surface area contributed by atoms with Gasteiger partial charge in [-0.2, -0.15) is 0 Å². The monoisotopic (exact) mass is 331 g/mol. The molecule has 1 heterocycles. The number of hydrogen-bond acceptors (Lipinski definition) is 5. The summed E-state index contributed by atoms with van der Waals surface area (Å²) in [5.41, 5.74) is 0.517. The number of rotatable bonds is 6. The lowest BCUT2D eigenvalue weighted by atomic mass is 10.3. The van der Waals surface area contributed by atoms with Crippen LogP contribution in [0, 0.1) is 0 Å². The lowest BCUT2D eigenvalue weighted by Crippen LogP contribution is -2.24. The van der Waals surface area contributed by atoms with Gasteiger partial charge in [-0.05, 0) is 24.3 Å². The van der Waals surface area contributed by atoms with E-state index >= 15 is 0 Å². The maximum Gasteiger partial charge on any atom is 0.262 e. The molecule has 0 amide bonds. The van der Waals surface area contributed by atoms with Gasteiger partial charge >= 0.3 is 0 Å². The first-order chi connectivity index (χ1) is 11.1. The molecule has 0 fully saturated rings. The Morgan fingerprint density at radius 1 is 1.13 bits per heavy atom. The van der Waals surface area contributed by atoms with E-state index in [1.807, 2.05) is 6.07 Å². The first-order valence-corrected chi connectivity index (χ1v) is 8.70. The third-order valence-corrected chi connectivity index (χ3v) is 4.64. The Balaban J connectivity index is 1.73. The highest BCUT2D eigenvalue weighted by Crippen LogP contribution is 2.20. The van der Waals surface area contributed by atoms with Gasteiger partial charge in [0.25, 0.3) is 10.0 Å². The van der Waals surface area contributed by atoms with Crippen molar-refractivity contribution in [3.63, 3.8) is 0 Å². The second kappa shape index (κ2) is 6.70. The third kappa shape index (κ3) is 4.01. The molecule has 2 aromatic rings. The number of sulfonamides is 1. The van der Waals surface area contributed by atoms with Gasteiger partial charge in [0, 0.05) is 18.3 Å². The molecule has 0 aliphatic carbocycles. The van der Waals surface area contributed by atoms with Crippen LogP contribution in [0.25, 0.3) is 0 Å². The second-order valence-electron chi connectivity index (χ2n) is 4.99. The van der Waals surface area contributed by atoms with Crippen LogP contribution in [0.1, 0.15) is 0 Å². The molecule has 23 heavy (non-hydrogen) atoms. The van der Waals surface area contributed by atoms with E-state index in [0.717, 1.165) is 18.9 Å². The summed E-state index contributed by atoms with van der Waals surface area (Å²) in [6.45, 7) is 1.86. The molecular formula is C16H17N3O3S. The van der Waals surface area contributed by atoms with Crippen LogP contribution in [0.15, 0.2) is 64.5 Å². The second-order valence-corrected chi connectivity index (χ2v) is 6.67. The van der Waals surface area contributed by atoms with Crippen LogP contribution in [-0.4, -0.2) is 33.9 Å². The molecule has 0 saturated heterocycles. The number of para-hydroxylation sites is 1. The molecule has 120 valence electrons. The minimum atomic E-state index is -3.65. The van der Waals surface area contributed by atoms with Crippen LogP contribution in [-0.2, 0) is 10.0 Å². The largest absolute Gasteiger partial charge is 0.486 e. The fourth-order valence-corrected chi connectivity index (χ4v) is 3.24. The molecule has 0 spiro atoms. The Morgan fingerprint density at radius 3 is 2.70 bits per heavy atom. The van der Waals surface area contributed by atoms with Crippen LogP contribution in [0.3, 0.4) is 0 Å². The zero-order chi connectivity index (χ0) is 16.1. The third-order valence-electron chi connectivity index (χ3n) is 3.26. The highest BCUT2D eigenvalue weighted by Gasteiger charge is 2.15. The number of anilines is 1. The summed E-state index contributed by atoms with van der Waals surface area (Å²) in [6.07, 6.45) is 0. The summed E-state index contributed by atoms with van der Waals surface area (Å²) in [5, 5.41) is 3.10. The van der Waals surface area contributed by atoms with Crippen molar-refractivity contribution < 1.29 is 13.2 Å². The molecule has 7 heteroatoms. The quantitative estimate of drug-likeness (QED) is 0.847. The number of nitrogens with zero attached hydrogens (tertiary/aromatic N) is 1. The molecule has 0 saturated carbocycles. The molecule has 0 bridgehead atoms. The van der Waals surface area contributed by atoms with Crippen molar-refractivity contribution in [1.82, 2.24) is 5.32 Å². The van der Waals surface area contributed by atoms with Crippen molar-refractivity contribution in [2.45, 2.75) is 4.90 Å². The molecule has 1 aliphatic heterocycles. The minimum Gasteiger partial charge on any atom is -0.486 e. The lowest BCUT2D eigenvalue weighted by Gasteiger charge is -2.10. The number of amidine groups is 1. The first kappa shape index (κ1) is 15.4. The van der Waals surface area contributed by atoms with Crippen molar-refractivity contribution in [2.24, 2.45) is 4.99 Å². The van der Waals surface area contributed by atoms with Gasteiger partial charge in [0.1, 0.15) is 18.2 Å². The topological polar surface area (TPSA) is 79.8 Å². The molecule has 0 aromatic heterocycles. The zero-order valence-electron chi connectivity index (χ0n) is 12.4. The Hall–Kier alpha value is -2.54. The molecule has 2 N–H and O–H groups in total. The highest BCUT2D eigenvalue weighted by molar-refractivity contribution is 7.92. The van der Waals surface area contributed by atoms with E-state index in [2.05, 4.69) is 15.0 Å². The van der Waals surface area contributed by atoms with E-state index in [1.165, 1.54) is 12.1 Å². The number of nitrogens with one attached hydrogen (secondary N) is 2. The highest BCUT2D eigenvalue weighted by atomic mass is 32.2. The van der Waals surface area contributed by atoms with Crippen LogP contribution in [0.4, 0.5) is 5.69 Å². The predicted octanol–water partition coefficient (Wildman–Crippen LogP) is 1.87. The SMILES string of the molecule is O=S(=O)(Nc1ccccc1)c1cccc(OCC2=NCCN2)c1. The van der Waals surface area contributed by atoms with Gasteiger partial charge in [-0.1, -0.05) is 24.3 Å². The van der Waals surface area contributed by atoms with E-state index in [1.54, 1.807) is 36.4 Å². The molecule has 3 rings (SSSR count). The smallest absolute Gasteiger partial charge is 0.262 e. The fraction of sp³-hybridized carbons (Fsp3) is 0.188. The average molecular weight is 331 g/mol. The first-order valence-electron chi connectivity index (χ1n) is 7.21. The molecule has 6 nitrogen and oxygen atoms in total. The van der Waals surface area contributed by atoms with Gasteiger partial charge in [0.05, 0.1) is 11.4 Å². The average Bonchev–Trinajstić information content (AvgIpc) is 3.07. The van der Waals surface area contributed by atoms with E-state index in [9.17, 15) is 8.42 Å². The number of hydrogen-bond donors (Lipinski definition) is 2. The Labute approximate surface area is 135 Å². The maximum absolute atomic E-state index is 12.4. The molecule has 2 aromatic carbocycles. The van der Waals surface area contributed by atoms with Crippen LogP contribution < -0.4 is 14.8 Å². The molecule has 0 radical (unpaired) electrons. The number of benzene rings is 2.